The van der Waals surface area contributed by atoms with Crippen LogP contribution in [0.5, 0.6) is 11.5 Å². The molecule has 0 unspecified atom stereocenters. The Bertz CT molecular complexity index is 654. The van der Waals surface area contributed by atoms with Gasteiger partial charge in [-0.3, -0.25) is 0 Å². The van der Waals surface area contributed by atoms with Crippen molar-refractivity contribution in [3.8, 4) is 11.5 Å². The predicted molar refractivity (Wildman–Crippen MR) is 81.6 cm³/mol. The minimum atomic E-state index is 0.538. The molecule has 2 aromatic rings. The summed E-state index contributed by atoms with van der Waals surface area (Å²) in [7, 11) is 3.25. The first-order valence-electron chi connectivity index (χ1n) is 7.04. The van der Waals surface area contributed by atoms with Gasteiger partial charge in [0.15, 0.2) is 11.5 Å². The highest BCUT2D eigenvalue weighted by Gasteiger charge is 2.27. The van der Waals surface area contributed by atoms with Crippen molar-refractivity contribution in [3.05, 3.63) is 35.8 Å². The molecule has 1 aliphatic rings. The molecule has 1 aromatic heterocycles. The third-order valence-corrected chi connectivity index (χ3v) is 3.47. The summed E-state index contributed by atoms with van der Waals surface area (Å²) in [6, 6.07) is 7.66. The number of hydrogen-bond donors (Lipinski definition) is 1. The number of aryl methyl sites for hydroxylation is 1. The summed E-state index contributed by atoms with van der Waals surface area (Å²) in [5.41, 5.74) is 1.89. The molecule has 1 aliphatic carbocycles. The van der Waals surface area contributed by atoms with Crippen LogP contribution in [-0.4, -0.2) is 24.2 Å². The molecule has 0 atom stereocenters. The van der Waals surface area contributed by atoms with Gasteiger partial charge in [0.25, 0.3) is 0 Å². The Morgan fingerprint density at radius 3 is 2.48 bits per heavy atom. The lowest BCUT2D eigenvalue weighted by Gasteiger charge is -2.12. The molecule has 5 nitrogen and oxygen atoms in total. The summed E-state index contributed by atoms with van der Waals surface area (Å²) in [5, 5.41) is 3.31. The monoisotopic (exact) mass is 285 g/mol. The van der Waals surface area contributed by atoms with Gasteiger partial charge >= 0.3 is 0 Å². The molecule has 110 valence electrons. The molecule has 0 saturated heterocycles. The number of ether oxygens (including phenoxy) is 2. The zero-order chi connectivity index (χ0) is 14.8. The number of nitrogens with one attached hydrogen (secondary N) is 1. The van der Waals surface area contributed by atoms with Gasteiger partial charge in [-0.05, 0) is 31.9 Å². The van der Waals surface area contributed by atoms with Crippen molar-refractivity contribution in [3.63, 3.8) is 0 Å². The summed E-state index contributed by atoms with van der Waals surface area (Å²) >= 11 is 0. The number of rotatable bonds is 5. The van der Waals surface area contributed by atoms with Crippen molar-refractivity contribution in [1.29, 1.82) is 0 Å². The summed E-state index contributed by atoms with van der Waals surface area (Å²) < 4.78 is 10.6. The van der Waals surface area contributed by atoms with Crippen molar-refractivity contribution >= 4 is 11.5 Å². The van der Waals surface area contributed by atoms with Gasteiger partial charge in [-0.1, -0.05) is 0 Å². The number of methoxy groups -OCH3 is 2. The Morgan fingerprint density at radius 1 is 1.05 bits per heavy atom. The van der Waals surface area contributed by atoms with Crippen molar-refractivity contribution in [1.82, 2.24) is 9.97 Å². The van der Waals surface area contributed by atoms with Crippen molar-refractivity contribution in [2.75, 3.05) is 19.5 Å². The Morgan fingerprint density at radius 2 is 1.81 bits per heavy atom. The van der Waals surface area contributed by atoms with Gasteiger partial charge in [-0.15, -0.1) is 0 Å². The van der Waals surface area contributed by atoms with Crippen LogP contribution >= 0.6 is 0 Å². The molecule has 1 heterocycles. The van der Waals surface area contributed by atoms with Gasteiger partial charge in [0.2, 0.25) is 0 Å². The Kier molecular flexibility index (Phi) is 3.64. The smallest absolute Gasteiger partial charge is 0.162 e. The maximum Gasteiger partial charge on any atom is 0.162 e. The van der Waals surface area contributed by atoms with E-state index in [1.165, 1.54) is 12.8 Å². The van der Waals surface area contributed by atoms with Crippen LogP contribution in [0.3, 0.4) is 0 Å². The lowest BCUT2D eigenvalue weighted by Crippen LogP contribution is -2.01. The summed E-state index contributed by atoms with van der Waals surface area (Å²) in [4.78, 5) is 9.10. The van der Waals surface area contributed by atoms with E-state index >= 15 is 0 Å². The highest BCUT2D eigenvalue weighted by Crippen LogP contribution is 2.38. The Labute approximate surface area is 124 Å². The normalized spacial score (nSPS) is 13.9. The molecule has 0 radical (unpaired) electrons. The summed E-state index contributed by atoms with van der Waals surface area (Å²) in [6.45, 7) is 1.99. The average molecular weight is 285 g/mol. The van der Waals surface area contributed by atoms with Crippen molar-refractivity contribution < 1.29 is 9.47 Å². The Hall–Kier alpha value is -2.30. The van der Waals surface area contributed by atoms with E-state index in [1.807, 2.05) is 31.2 Å². The first-order chi connectivity index (χ1) is 10.2. The second-order valence-corrected chi connectivity index (χ2v) is 5.22. The van der Waals surface area contributed by atoms with Gasteiger partial charge < -0.3 is 14.8 Å². The molecular formula is C16H19N3O2. The SMILES string of the molecule is COc1ccc(Nc2cc(C)nc(C3CC3)n2)cc1OC. The summed E-state index contributed by atoms with van der Waals surface area (Å²) in [5.74, 6) is 3.70. The zero-order valence-corrected chi connectivity index (χ0v) is 12.5. The molecule has 3 rings (SSSR count). The molecule has 1 fully saturated rings. The van der Waals surface area contributed by atoms with E-state index in [9.17, 15) is 0 Å². The number of nitrogens with zero attached hydrogens (tertiary/aromatic N) is 2. The molecule has 1 N–H and O–H groups in total. The molecule has 0 spiro atoms. The molecule has 1 aromatic carbocycles. The summed E-state index contributed by atoms with van der Waals surface area (Å²) in [6.07, 6.45) is 2.39. The molecule has 5 heteroatoms. The molecule has 0 aliphatic heterocycles. The number of aromatic nitrogens is 2. The minimum Gasteiger partial charge on any atom is -0.493 e. The van der Waals surface area contributed by atoms with Crippen LogP contribution < -0.4 is 14.8 Å². The van der Waals surface area contributed by atoms with Crippen LogP contribution in [0.2, 0.25) is 0 Å². The maximum absolute atomic E-state index is 5.31. The van der Waals surface area contributed by atoms with E-state index in [0.29, 0.717) is 17.4 Å². The fourth-order valence-electron chi connectivity index (χ4n) is 2.24. The fourth-order valence-corrected chi connectivity index (χ4v) is 2.24. The first-order valence-corrected chi connectivity index (χ1v) is 7.04. The second-order valence-electron chi connectivity index (χ2n) is 5.22. The van der Waals surface area contributed by atoms with Crippen molar-refractivity contribution in [2.45, 2.75) is 25.7 Å². The number of benzene rings is 1. The van der Waals surface area contributed by atoms with E-state index < -0.39 is 0 Å². The second kappa shape index (κ2) is 5.60. The van der Waals surface area contributed by atoms with E-state index in [0.717, 1.165) is 23.0 Å². The van der Waals surface area contributed by atoms with Gasteiger partial charge in [0, 0.05) is 29.4 Å². The average Bonchev–Trinajstić information content (AvgIpc) is 3.31. The third kappa shape index (κ3) is 3.07. The quantitative estimate of drug-likeness (QED) is 0.912. The van der Waals surface area contributed by atoms with Gasteiger partial charge in [0.1, 0.15) is 11.6 Å². The predicted octanol–water partition coefficient (Wildman–Crippen LogP) is 3.42. The third-order valence-electron chi connectivity index (χ3n) is 3.47. The highest BCUT2D eigenvalue weighted by atomic mass is 16.5. The maximum atomic E-state index is 5.31. The number of anilines is 2. The standard InChI is InChI=1S/C16H19N3O2/c1-10-8-15(19-16(17-10)11-4-5-11)18-12-6-7-13(20-2)14(9-12)21-3/h6-9,11H,4-5H2,1-3H3,(H,17,18,19). The van der Waals surface area contributed by atoms with Gasteiger partial charge in [-0.25, -0.2) is 9.97 Å². The molecule has 1 saturated carbocycles. The molecule has 0 bridgehead atoms. The number of hydrogen-bond acceptors (Lipinski definition) is 5. The largest absolute Gasteiger partial charge is 0.493 e. The molecular weight excluding hydrogens is 266 g/mol. The van der Waals surface area contributed by atoms with E-state index in [-0.39, 0.29) is 0 Å². The van der Waals surface area contributed by atoms with Crippen LogP contribution in [0.25, 0.3) is 0 Å². The molecule has 0 amide bonds. The molecule has 21 heavy (non-hydrogen) atoms. The lowest BCUT2D eigenvalue weighted by atomic mass is 10.2. The topological polar surface area (TPSA) is 56.3 Å². The van der Waals surface area contributed by atoms with Crippen molar-refractivity contribution in [2.24, 2.45) is 0 Å². The van der Waals surface area contributed by atoms with E-state index in [4.69, 9.17) is 9.47 Å². The lowest BCUT2D eigenvalue weighted by molar-refractivity contribution is 0.355. The van der Waals surface area contributed by atoms with Crippen LogP contribution in [0.15, 0.2) is 24.3 Å². The Balaban J connectivity index is 1.86. The van der Waals surface area contributed by atoms with Crippen LogP contribution in [0, 0.1) is 6.92 Å². The van der Waals surface area contributed by atoms with Gasteiger partial charge in [0.05, 0.1) is 14.2 Å². The van der Waals surface area contributed by atoms with Crippen LogP contribution in [0.1, 0.15) is 30.3 Å². The highest BCUT2D eigenvalue weighted by molar-refractivity contribution is 5.61. The fraction of sp³-hybridized carbons (Fsp3) is 0.375. The zero-order valence-electron chi connectivity index (χ0n) is 12.5. The van der Waals surface area contributed by atoms with Gasteiger partial charge in [-0.2, -0.15) is 0 Å². The minimum absolute atomic E-state index is 0.538. The van der Waals surface area contributed by atoms with E-state index in [2.05, 4.69) is 15.3 Å². The first kappa shape index (κ1) is 13.7. The van der Waals surface area contributed by atoms with Crippen LogP contribution in [0.4, 0.5) is 11.5 Å². The van der Waals surface area contributed by atoms with E-state index in [1.54, 1.807) is 14.2 Å². The van der Waals surface area contributed by atoms with Crippen LogP contribution in [-0.2, 0) is 0 Å².